The number of H-pyrrole nitrogens is 1. The second-order valence-electron chi connectivity index (χ2n) is 3.30. The fourth-order valence-corrected chi connectivity index (χ4v) is 1.87. The largest absolute Gasteiger partial charge is 0.395 e. The lowest BCUT2D eigenvalue weighted by molar-refractivity contribution is 0.247. The number of hydrogen-bond acceptors (Lipinski definition) is 5. The fourth-order valence-electron chi connectivity index (χ4n) is 1.07. The van der Waals surface area contributed by atoms with Gasteiger partial charge in [0.25, 0.3) is 0 Å². The number of aliphatic hydroxyl groups excluding tert-OH is 1. The molecule has 3 N–H and O–H groups in total. The Morgan fingerprint density at radius 1 is 1.64 bits per heavy atom. The molecule has 0 fully saturated rings. The Labute approximate surface area is 87.7 Å². The molecule has 0 aromatic carbocycles. The van der Waals surface area contributed by atoms with Gasteiger partial charge < -0.3 is 10.4 Å². The van der Waals surface area contributed by atoms with Gasteiger partial charge in [-0.2, -0.15) is 5.10 Å². The Morgan fingerprint density at radius 3 is 2.93 bits per heavy atom. The second-order valence-corrected chi connectivity index (χ2v) is 4.31. The molecule has 1 unspecified atom stereocenters. The van der Waals surface area contributed by atoms with Crippen molar-refractivity contribution in [3.63, 3.8) is 0 Å². The molecule has 0 aliphatic carbocycles. The number of rotatable bonds is 6. The smallest absolute Gasteiger partial charge is 0.183 e. The van der Waals surface area contributed by atoms with E-state index in [0.29, 0.717) is 6.04 Å². The summed E-state index contributed by atoms with van der Waals surface area (Å²) in [6.07, 6.45) is 1.48. The average Bonchev–Trinajstić information content (AvgIpc) is 2.64. The summed E-state index contributed by atoms with van der Waals surface area (Å²) in [5, 5.41) is 19.6. The third-order valence-corrected chi connectivity index (χ3v) is 2.64. The van der Waals surface area contributed by atoms with Crippen LogP contribution in [-0.2, 0) is 0 Å². The Bertz CT molecular complexity index is 239. The molecule has 0 radical (unpaired) electrons. The van der Waals surface area contributed by atoms with Gasteiger partial charge in [0.1, 0.15) is 6.33 Å². The fraction of sp³-hybridized carbons (Fsp3) is 0.750. The van der Waals surface area contributed by atoms with Crippen molar-refractivity contribution in [2.75, 3.05) is 12.4 Å². The van der Waals surface area contributed by atoms with E-state index in [4.69, 9.17) is 5.11 Å². The molecule has 0 amide bonds. The van der Waals surface area contributed by atoms with Gasteiger partial charge in [-0.15, -0.1) is 0 Å². The van der Waals surface area contributed by atoms with Crippen LogP contribution in [0.4, 0.5) is 0 Å². The van der Waals surface area contributed by atoms with Crippen LogP contribution < -0.4 is 5.32 Å². The summed E-state index contributed by atoms with van der Waals surface area (Å²) in [6, 6.07) is 0.479. The quantitative estimate of drug-likeness (QED) is 0.595. The first-order valence-electron chi connectivity index (χ1n) is 4.57. The molecule has 0 aliphatic heterocycles. The van der Waals surface area contributed by atoms with Crippen molar-refractivity contribution in [3.8, 4) is 0 Å². The molecule has 1 heterocycles. The second kappa shape index (κ2) is 6.00. The standard InChI is InChI=1S/C8H16N4OS/c1-6(2)11-7(3-13)4-14-8-9-5-10-12-8/h5-7,11,13H,3-4H2,1-2H3,(H,9,10,12). The van der Waals surface area contributed by atoms with Crippen molar-refractivity contribution in [1.29, 1.82) is 0 Å². The summed E-state index contributed by atoms with van der Waals surface area (Å²) < 4.78 is 0. The topological polar surface area (TPSA) is 73.8 Å². The molecule has 0 saturated carbocycles. The van der Waals surface area contributed by atoms with Crippen molar-refractivity contribution >= 4 is 11.8 Å². The van der Waals surface area contributed by atoms with Gasteiger partial charge >= 0.3 is 0 Å². The molecule has 0 spiro atoms. The van der Waals surface area contributed by atoms with Gasteiger partial charge in [-0.3, -0.25) is 5.10 Å². The number of nitrogens with zero attached hydrogens (tertiary/aromatic N) is 2. The van der Waals surface area contributed by atoms with E-state index in [-0.39, 0.29) is 12.6 Å². The first-order chi connectivity index (χ1) is 6.72. The van der Waals surface area contributed by atoms with E-state index in [0.717, 1.165) is 10.9 Å². The molecule has 14 heavy (non-hydrogen) atoms. The molecule has 0 bridgehead atoms. The molecule has 5 nitrogen and oxygen atoms in total. The molecule has 6 heteroatoms. The molecule has 0 saturated heterocycles. The number of aliphatic hydroxyl groups is 1. The van der Waals surface area contributed by atoms with E-state index in [1.807, 2.05) is 0 Å². The third kappa shape index (κ3) is 4.08. The monoisotopic (exact) mass is 216 g/mol. The minimum Gasteiger partial charge on any atom is -0.395 e. The summed E-state index contributed by atoms with van der Waals surface area (Å²) in [4.78, 5) is 3.99. The highest BCUT2D eigenvalue weighted by molar-refractivity contribution is 7.99. The molecular formula is C8H16N4OS. The molecule has 80 valence electrons. The van der Waals surface area contributed by atoms with Gasteiger partial charge in [-0.25, -0.2) is 4.98 Å². The van der Waals surface area contributed by atoms with Crippen LogP contribution >= 0.6 is 11.8 Å². The van der Waals surface area contributed by atoms with Gasteiger partial charge in [0.15, 0.2) is 5.16 Å². The maximum absolute atomic E-state index is 9.08. The minimum absolute atomic E-state index is 0.102. The van der Waals surface area contributed by atoms with Crippen molar-refractivity contribution in [2.24, 2.45) is 0 Å². The highest BCUT2D eigenvalue weighted by atomic mass is 32.2. The van der Waals surface area contributed by atoms with Crippen molar-refractivity contribution in [1.82, 2.24) is 20.5 Å². The molecule has 1 aromatic heterocycles. The number of aromatic amines is 1. The summed E-state index contributed by atoms with van der Waals surface area (Å²) in [5.41, 5.74) is 0. The summed E-state index contributed by atoms with van der Waals surface area (Å²) in [5.74, 6) is 0.782. The highest BCUT2D eigenvalue weighted by Crippen LogP contribution is 2.11. The zero-order valence-corrected chi connectivity index (χ0v) is 9.21. The van der Waals surface area contributed by atoms with Crippen LogP contribution in [0.2, 0.25) is 0 Å². The van der Waals surface area contributed by atoms with Crippen molar-refractivity contribution in [3.05, 3.63) is 6.33 Å². The van der Waals surface area contributed by atoms with E-state index in [1.54, 1.807) is 11.8 Å². The number of hydrogen-bond donors (Lipinski definition) is 3. The van der Waals surface area contributed by atoms with Crippen LogP contribution in [0.5, 0.6) is 0 Å². The van der Waals surface area contributed by atoms with Crippen LogP contribution in [0.15, 0.2) is 11.5 Å². The van der Waals surface area contributed by atoms with Crippen molar-refractivity contribution < 1.29 is 5.11 Å². The maximum atomic E-state index is 9.08. The van der Waals surface area contributed by atoms with E-state index >= 15 is 0 Å². The molecular weight excluding hydrogens is 200 g/mol. The predicted molar refractivity (Wildman–Crippen MR) is 56.3 cm³/mol. The van der Waals surface area contributed by atoms with Crippen molar-refractivity contribution in [2.45, 2.75) is 31.1 Å². The van der Waals surface area contributed by atoms with E-state index in [9.17, 15) is 0 Å². The van der Waals surface area contributed by atoms with Gasteiger partial charge in [0.2, 0.25) is 0 Å². The SMILES string of the molecule is CC(C)NC(CO)CSc1ncn[nH]1. The number of aromatic nitrogens is 3. The van der Waals surface area contributed by atoms with Crippen LogP contribution in [-0.4, -0.2) is 44.7 Å². The molecule has 1 aromatic rings. The lowest BCUT2D eigenvalue weighted by atomic mass is 10.3. The van der Waals surface area contributed by atoms with E-state index < -0.39 is 0 Å². The van der Waals surface area contributed by atoms with Gasteiger partial charge in [-0.1, -0.05) is 25.6 Å². The average molecular weight is 216 g/mol. The predicted octanol–water partition coefficient (Wildman–Crippen LogP) is 0.256. The van der Waals surface area contributed by atoms with Gasteiger partial charge in [0, 0.05) is 17.8 Å². The van der Waals surface area contributed by atoms with Gasteiger partial charge in [0.05, 0.1) is 6.61 Å². The van der Waals surface area contributed by atoms with E-state index in [2.05, 4.69) is 34.3 Å². The lowest BCUT2D eigenvalue weighted by Crippen LogP contribution is -2.39. The van der Waals surface area contributed by atoms with Crippen LogP contribution in [0.1, 0.15) is 13.8 Å². The molecule has 0 aliphatic rings. The normalized spacial score (nSPS) is 13.4. The Kier molecular flexibility index (Phi) is 4.92. The first kappa shape index (κ1) is 11.5. The Morgan fingerprint density at radius 2 is 2.43 bits per heavy atom. The first-order valence-corrected chi connectivity index (χ1v) is 5.56. The zero-order valence-electron chi connectivity index (χ0n) is 8.40. The minimum atomic E-state index is 0.102. The molecule has 1 atom stereocenters. The maximum Gasteiger partial charge on any atom is 0.183 e. The Hall–Kier alpha value is -0.590. The van der Waals surface area contributed by atoms with Crippen LogP contribution in [0, 0.1) is 0 Å². The number of nitrogens with one attached hydrogen (secondary N) is 2. The lowest BCUT2D eigenvalue weighted by Gasteiger charge is -2.17. The summed E-state index contributed by atoms with van der Waals surface area (Å²) in [6.45, 7) is 4.25. The van der Waals surface area contributed by atoms with Crippen LogP contribution in [0.25, 0.3) is 0 Å². The third-order valence-electron chi connectivity index (χ3n) is 1.60. The summed E-state index contributed by atoms with van der Waals surface area (Å²) in [7, 11) is 0. The van der Waals surface area contributed by atoms with Crippen LogP contribution in [0.3, 0.4) is 0 Å². The molecule has 1 rings (SSSR count). The van der Waals surface area contributed by atoms with E-state index in [1.165, 1.54) is 6.33 Å². The Balaban J connectivity index is 2.27. The highest BCUT2D eigenvalue weighted by Gasteiger charge is 2.09. The summed E-state index contributed by atoms with van der Waals surface area (Å²) >= 11 is 1.55. The van der Waals surface area contributed by atoms with Gasteiger partial charge in [-0.05, 0) is 0 Å². The number of thioether (sulfide) groups is 1. The zero-order chi connectivity index (χ0) is 10.4.